The monoisotopic (exact) mass is 362 g/mol. The summed E-state index contributed by atoms with van der Waals surface area (Å²) in [6.07, 6.45) is 6.80. The first-order valence-corrected chi connectivity index (χ1v) is 9.90. The minimum Gasteiger partial charge on any atom is -0.390 e. The molecule has 136 valence electrons. The molecule has 1 fully saturated rings. The predicted molar refractivity (Wildman–Crippen MR) is 101 cm³/mol. The Morgan fingerprint density at radius 3 is 3.00 bits per heavy atom. The molecule has 2 atom stereocenters. The van der Waals surface area contributed by atoms with Crippen LogP contribution < -0.4 is 5.32 Å². The van der Waals surface area contributed by atoms with Crippen molar-refractivity contribution in [3.8, 4) is 0 Å². The SMILES string of the molecule is O[C@@H](CNC[C@H]1CCCO1)Cn1c2c(c3cccc(Cl)c31)CCCC2. The molecule has 25 heavy (non-hydrogen) atoms. The standard InChI is InChI=1S/C20H27ClN2O2/c21-18-8-3-7-17-16-6-1-2-9-19(16)23(20(17)18)13-14(24)11-22-12-15-5-4-10-25-15/h3,7-8,14-15,22,24H,1-2,4-6,9-13H2/t14-,15+/m0/s1. The van der Waals surface area contributed by atoms with Gasteiger partial charge in [-0.3, -0.25) is 0 Å². The number of nitrogens with one attached hydrogen (secondary N) is 1. The number of aromatic nitrogens is 1. The highest BCUT2D eigenvalue weighted by molar-refractivity contribution is 6.35. The van der Waals surface area contributed by atoms with E-state index in [0.29, 0.717) is 19.2 Å². The van der Waals surface area contributed by atoms with Crippen molar-refractivity contribution in [2.75, 3.05) is 19.7 Å². The number of aryl methyl sites for hydroxylation is 1. The molecule has 1 aromatic carbocycles. The van der Waals surface area contributed by atoms with E-state index in [2.05, 4.69) is 16.0 Å². The second-order valence-electron chi connectivity index (χ2n) is 7.33. The summed E-state index contributed by atoms with van der Waals surface area (Å²) in [4.78, 5) is 0. The zero-order valence-corrected chi connectivity index (χ0v) is 15.4. The molecular formula is C20H27ClN2O2. The molecule has 5 heteroatoms. The average Bonchev–Trinajstić information content (AvgIpc) is 3.23. The van der Waals surface area contributed by atoms with Gasteiger partial charge in [0, 0.05) is 30.8 Å². The van der Waals surface area contributed by atoms with Crippen LogP contribution >= 0.6 is 11.6 Å². The number of fused-ring (bicyclic) bond motifs is 3. The molecule has 0 saturated carbocycles. The van der Waals surface area contributed by atoms with Crippen LogP contribution in [-0.4, -0.2) is 41.6 Å². The van der Waals surface area contributed by atoms with E-state index in [0.717, 1.165) is 49.4 Å². The maximum absolute atomic E-state index is 10.6. The molecule has 4 nitrogen and oxygen atoms in total. The lowest BCUT2D eigenvalue weighted by atomic mass is 9.95. The summed E-state index contributed by atoms with van der Waals surface area (Å²) in [6.45, 7) is 2.87. The van der Waals surface area contributed by atoms with Crippen LogP contribution in [0, 0.1) is 0 Å². The van der Waals surface area contributed by atoms with Crippen molar-refractivity contribution in [3.05, 3.63) is 34.5 Å². The van der Waals surface area contributed by atoms with Crippen LogP contribution in [0.2, 0.25) is 5.02 Å². The average molecular weight is 363 g/mol. The maximum Gasteiger partial charge on any atom is 0.0843 e. The van der Waals surface area contributed by atoms with E-state index in [-0.39, 0.29) is 0 Å². The van der Waals surface area contributed by atoms with Crippen molar-refractivity contribution in [2.24, 2.45) is 0 Å². The van der Waals surface area contributed by atoms with Crippen LogP contribution in [0.3, 0.4) is 0 Å². The normalized spacial score (nSPS) is 21.6. The number of halogens is 1. The first-order valence-electron chi connectivity index (χ1n) is 9.53. The highest BCUT2D eigenvalue weighted by Crippen LogP contribution is 2.35. The first-order chi connectivity index (χ1) is 12.2. The molecule has 2 N–H and O–H groups in total. The van der Waals surface area contributed by atoms with Crippen molar-refractivity contribution in [3.63, 3.8) is 0 Å². The van der Waals surface area contributed by atoms with Crippen LogP contribution in [-0.2, 0) is 24.1 Å². The zero-order chi connectivity index (χ0) is 17.2. The summed E-state index contributed by atoms with van der Waals surface area (Å²) in [7, 11) is 0. The Bertz CT molecular complexity index is 737. The number of aliphatic hydroxyl groups excluding tert-OH is 1. The fourth-order valence-electron chi connectivity index (χ4n) is 4.34. The number of hydrogen-bond acceptors (Lipinski definition) is 3. The van der Waals surface area contributed by atoms with E-state index >= 15 is 0 Å². The Labute approximate surface area is 154 Å². The molecule has 0 unspecified atom stereocenters. The van der Waals surface area contributed by atoms with Crippen molar-refractivity contribution in [1.29, 1.82) is 0 Å². The third kappa shape index (κ3) is 3.59. The van der Waals surface area contributed by atoms with Gasteiger partial charge in [-0.2, -0.15) is 0 Å². The lowest BCUT2D eigenvalue weighted by Gasteiger charge is -2.20. The van der Waals surface area contributed by atoms with Crippen LogP contribution in [0.1, 0.15) is 36.9 Å². The molecule has 0 spiro atoms. The smallest absolute Gasteiger partial charge is 0.0843 e. The van der Waals surface area contributed by atoms with Gasteiger partial charge in [-0.1, -0.05) is 23.7 Å². The number of para-hydroxylation sites is 1. The third-order valence-corrected chi connectivity index (χ3v) is 5.82. The first kappa shape index (κ1) is 17.3. The Morgan fingerprint density at radius 2 is 2.16 bits per heavy atom. The van der Waals surface area contributed by atoms with Gasteiger partial charge in [-0.15, -0.1) is 0 Å². The van der Waals surface area contributed by atoms with E-state index < -0.39 is 6.10 Å². The lowest BCUT2D eigenvalue weighted by Crippen LogP contribution is -2.35. The quantitative estimate of drug-likeness (QED) is 0.828. The molecule has 2 aliphatic rings. The van der Waals surface area contributed by atoms with E-state index in [1.54, 1.807) is 0 Å². The molecule has 1 saturated heterocycles. The van der Waals surface area contributed by atoms with E-state index in [1.807, 2.05) is 12.1 Å². The molecule has 0 amide bonds. The summed E-state index contributed by atoms with van der Waals surface area (Å²) >= 11 is 6.52. The Kier molecular flexibility index (Phi) is 5.32. The second kappa shape index (κ2) is 7.67. The molecule has 1 aliphatic heterocycles. The number of rotatable bonds is 6. The van der Waals surface area contributed by atoms with Gasteiger partial charge >= 0.3 is 0 Å². The zero-order valence-electron chi connectivity index (χ0n) is 14.6. The van der Waals surface area contributed by atoms with Gasteiger partial charge in [0.1, 0.15) is 0 Å². The van der Waals surface area contributed by atoms with Gasteiger partial charge in [-0.05, 0) is 50.2 Å². The highest BCUT2D eigenvalue weighted by atomic mass is 35.5. The van der Waals surface area contributed by atoms with Crippen molar-refractivity contribution < 1.29 is 9.84 Å². The van der Waals surface area contributed by atoms with Crippen LogP contribution in [0.25, 0.3) is 10.9 Å². The Morgan fingerprint density at radius 1 is 1.28 bits per heavy atom. The number of ether oxygens (including phenoxy) is 1. The van der Waals surface area contributed by atoms with Gasteiger partial charge in [0.15, 0.2) is 0 Å². The van der Waals surface area contributed by atoms with E-state index in [9.17, 15) is 5.11 Å². The maximum atomic E-state index is 10.6. The van der Waals surface area contributed by atoms with Crippen molar-refractivity contribution in [1.82, 2.24) is 9.88 Å². The van der Waals surface area contributed by atoms with Gasteiger partial charge in [0.25, 0.3) is 0 Å². The number of hydrogen-bond donors (Lipinski definition) is 2. The second-order valence-corrected chi connectivity index (χ2v) is 7.73. The molecule has 4 rings (SSSR count). The van der Waals surface area contributed by atoms with Crippen molar-refractivity contribution >= 4 is 22.5 Å². The summed E-state index contributed by atoms with van der Waals surface area (Å²) in [5.41, 5.74) is 3.89. The summed E-state index contributed by atoms with van der Waals surface area (Å²) in [6, 6.07) is 6.15. The van der Waals surface area contributed by atoms with Gasteiger partial charge < -0.3 is 19.7 Å². The molecular weight excluding hydrogens is 336 g/mol. The molecule has 1 aromatic heterocycles. The molecule has 0 bridgehead atoms. The Balaban J connectivity index is 1.50. The minimum absolute atomic E-state index is 0.307. The molecule has 1 aliphatic carbocycles. The summed E-state index contributed by atoms with van der Waals surface area (Å²) < 4.78 is 7.89. The van der Waals surface area contributed by atoms with E-state index in [4.69, 9.17) is 16.3 Å². The third-order valence-electron chi connectivity index (χ3n) is 5.52. The van der Waals surface area contributed by atoms with Gasteiger partial charge in [0.2, 0.25) is 0 Å². The number of aliphatic hydroxyl groups is 1. The van der Waals surface area contributed by atoms with Gasteiger partial charge in [0.05, 0.1) is 29.3 Å². The fraction of sp³-hybridized carbons (Fsp3) is 0.600. The summed E-state index contributed by atoms with van der Waals surface area (Å²) in [5, 5.41) is 16.0. The van der Waals surface area contributed by atoms with Crippen LogP contribution in [0.15, 0.2) is 18.2 Å². The minimum atomic E-state index is -0.431. The topological polar surface area (TPSA) is 46.4 Å². The fourth-order valence-corrected chi connectivity index (χ4v) is 4.62. The van der Waals surface area contributed by atoms with Gasteiger partial charge in [-0.25, -0.2) is 0 Å². The number of nitrogens with zero attached hydrogens (tertiary/aromatic N) is 1. The molecule has 2 aromatic rings. The Hall–Kier alpha value is -1.07. The lowest BCUT2D eigenvalue weighted by molar-refractivity contribution is 0.101. The molecule has 0 radical (unpaired) electrons. The van der Waals surface area contributed by atoms with Crippen LogP contribution in [0.5, 0.6) is 0 Å². The van der Waals surface area contributed by atoms with Crippen molar-refractivity contribution in [2.45, 2.75) is 57.3 Å². The predicted octanol–water partition coefficient (Wildman–Crippen LogP) is 3.30. The van der Waals surface area contributed by atoms with Crippen LogP contribution in [0.4, 0.5) is 0 Å². The number of benzene rings is 1. The summed E-state index contributed by atoms with van der Waals surface area (Å²) in [5.74, 6) is 0. The van der Waals surface area contributed by atoms with E-state index in [1.165, 1.54) is 29.5 Å². The molecule has 2 heterocycles. The highest BCUT2D eigenvalue weighted by Gasteiger charge is 2.23. The largest absolute Gasteiger partial charge is 0.390 e.